The molecule has 2 rings (SSSR count). The molecule has 2 aliphatic rings. The van der Waals surface area contributed by atoms with Crippen molar-refractivity contribution < 1.29 is 4.79 Å². The summed E-state index contributed by atoms with van der Waals surface area (Å²) in [6.45, 7) is 10.6. The summed E-state index contributed by atoms with van der Waals surface area (Å²) >= 11 is 0. The van der Waals surface area contributed by atoms with Crippen LogP contribution in [0, 0.1) is 0 Å². The van der Waals surface area contributed by atoms with Gasteiger partial charge in [-0.05, 0) is 25.9 Å². The third kappa shape index (κ3) is 7.66. The van der Waals surface area contributed by atoms with Gasteiger partial charge in [0.1, 0.15) is 0 Å². The van der Waals surface area contributed by atoms with Gasteiger partial charge in [-0.15, -0.1) is 24.8 Å². The molecule has 0 bridgehead atoms. The van der Waals surface area contributed by atoms with Gasteiger partial charge in [-0.3, -0.25) is 4.79 Å². The first-order valence-electron chi connectivity index (χ1n) is 7.72. The Labute approximate surface area is 141 Å². The Hall–Kier alpha value is -0.0700. The molecule has 2 saturated heterocycles. The zero-order valence-electron chi connectivity index (χ0n) is 13.0. The molecule has 7 heteroatoms. The molecule has 2 heterocycles. The largest absolute Gasteiger partial charge is 0.354 e. The normalized spacial score (nSPS) is 23.2. The van der Waals surface area contributed by atoms with Crippen LogP contribution in [0.15, 0.2) is 0 Å². The van der Waals surface area contributed by atoms with Crippen LogP contribution in [0.5, 0.6) is 0 Å². The lowest BCUT2D eigenvalue weighted by Gasteiger charge is -2.33. The quantitative estimate of drug-likeness (QED) is 0.748. The van der Waals surface area contributed by atoms with Crippen molar-refractivity contribution in [3.63, 3.8) is 0 Å². The van der Waals surface area contributed by atoms with E-state index in [1.54, 1.807) is 0 Å². The highest BCUT2D eigenvalue weighted by Crippen LogP contribution is 2.04. The van der Waals surface area contributed by atoms with Crippen molar-refractivity contribution in [2.75, 3.05) is 52.4 Å². The summed E-state index contributed by atoms with van der Waals surface area (Å²) in [6.07, 6.45) is 3.07. The van der Waals surface area contributed by atoms with Gasteiger partial charge >= 0.3 is 0 Å². The van der Waals surface area contributed by atoms with Crippen LogP contribution >= 0.6 is 24.8 Å². The molecule has 2 aliphatic heterocycles. The van der Waals surface area contributed by atoms with E-state index >= 15 is 0 Å². The minimum absolute atomic E-state index is 0. The van der Waals surface area contributed by atoms with E-state index in [2.05, 4.69) is 27.4 Å². The fraction of sp³-hybridized carbons (Fsp3) is 0.929. The molecule has 2 fully saturated rings. The van der Waals surface area contributed by atoms with Gasteiger partial charge in [0.2, 0.25) is 5.91 Å². The van der Waals surface area contributed by atoms with Crippen molar-refractivity contribution in [3.8, 4) is 0 Å². The van der Waals surface area contributed by atoms with Crippen molar-refractivity contribution in [2.45, 2.75) is 32.2 Å². The number of likely N-dealkylation sites (N-methyl/N-ethyl adjacent to an activating group) is 1. The van der Waals surface area contributed by atoms with E-state index in [-0.39, 0.29) is 30.7 Å². The maximum Gasteiger partial charge on any atom is 0.221 e. The third-order valence-corrected chi connectivity index (χ3v) is 4.28. The van der Waals surface area contributed by atoms with Gasteiger partial charge in [0.25, 0.3) is 0 Å². The summed E-state index contributed by atoms with van der Waals surface area (Å²) in [7, 11) is 0. The number of piperazine rings is 1. The molecule has 0 saturated carbocycles. The van der Waals surface area contributed by atoms with Crippen molar-refractivity contribution >= 4 is 30.7 Å². The molecule has 0 aromatic heterocycles. The minimum atomic E-state index is 0. The van der Waals surface area contributed by atoms with Crippen LogP contribution in [0.25, 0.3) is 0 Å². The molecule has 0 aliphatic carbocycles. The monoisotopic (exact) mass is 340 g/mol. The highest BCUT2D eigenvalue weighted by Gasteiger charge is 2.17. The van der Waals surface area contributed by atoms with Crippen molar-refractivity contribution in [2.24, 2.45) is 0 Å². The number of amides is 1. The molecule has 126 valence electrons. The predicted molar refractivity (Wildman–Crippen MR) is 91.7 cm³/mol. The Kier molecular flexibility index (Phi) is 11.5. The Bertz CT molecular complexity index is 280. The number of halogens is 2. The molecule has 0 aromatic carbocycles. The van der Waals surface area contributed by atoms with E-state index in [0.717, 1.165) is 52.4 Å². The number of hydrogen-bond acceptors (Lipinski definition) is 4. The van der Waals surface area contributed by atoms with Gasteiger partial charge in [0, 0.05) is 51.7 Å². The molecule has 0 radical (unpaired) electrons. The van der Waals surface area contributed by atoms with Crippen LogP contribution in [-0.2, 0) is 4.79 Å². The summed E-state index contributed by atoms with van der Waals surface area (Å²) in [5.74, 6) is 0.201. The van der Waals surface area contributed by atoms with Crippen molar-refractivity contribution in [3.05, 3.63) is 0 Å². The summed E-state index contributed by atoms with van der Waals surface area (Å²) in [6, 6.07) is 0.497. The topological polar surface area (TPSA) is 47.6 Å². The van der Waals surface area contributed by atoms with Crippen LogP contribution in [0.4, 0.5) is 0 Å². The lowest BCUT2D eigenvalue weighted by Crippen LogP contribution is -2.47. The number of hydrogen-bond donors (Lipinski definition) is 2. The number of carbonyl (C=O) groups excluding carboxylic acids is 1. The molecule has 21 heavy (non-hydrogen) atoms. The van der Waals surface area contributed by atoms with E-state index in [1.165, 1.54) is 12.8 Å². The second kappa shape index (κ2) is 11.5. The Morgan fingerprint density at radius 2 is 1.86 bits per heavy atom. The molecule has 2 N–H and O–H groups in total. The van der Waals surface area contributed by atoms with E-state index in [1.807, 2.05) is 0 Å². The maximum atomic E-state index is 11.8. The lowest BCUT2D eigenvalue weighted by molar-refractivity contribution is -0.121. The number of carbonyl (C=O) groups is 1. The average molecular weight is 341 g/mol. The molecule has 5 nitrogen and oxygen atoms in total. The standard InChI is InChI=1S/C14H28N4O.2ClH/c1-2-17-8-10-18(11-9-17)7-5-14(19)16-12-13-4-3-6-15-13;;/h13,15H,2-12H2,1H3,(H,16,19);2*1H. The van der Waals surface area contributed by atoms with Gasteiger partial charge in [-0.1, -0.05) is 6.92 Å². The van der Waals surface area contributed by atoms with Gasteiger partial charge in [0.05, 0.1) is 0 Å². The number of nitrogens with zero attached hydrogens (tertiary/aromatic N) is 2. The van der Waals surface area contributed by atoms with E-state index < -0.39 is 0 Å². The van der Waals surface area contributed by atoms with Crippen LogP contribution in [-0.4, -0.2) is 74.1 Å². The van der Waals surface area contributed by atoms with Crippen molar-refractivity contribution in [1.29, 1.82) is 0 Å². The molecular weight excluding hydrogens is 311 g/mol. The smallest absolute Gasteiger partial charge is 0.221 e. The van der Waals surface area contributed by atoms with Gasteiger partial charge in [-0.25, -0.2) is 0 Å². The van der Waals surface area contributed by atoms with E-state index in [9.17, 15) is 4.79 Å². The average Bonchev–Trinajstić information content (AvgIpc) is 2.96. The zero-order chi connectivity index (χ0) is 13.5. The maximum absolute atomic E-state index is 11.8. The zero-order valence-corrected chi connectivity index (χ0v) is 14.6. The van der Waals surface area contributed by atoms with E-state index in [4.69, 9.17) is 0 Å². The Balaban J connectivity index is 0.00000200. The summed E-state index contributed by atoms with van der Waals surface area (Å²) in [5.41, 5.74) is 0. The van der Waals surface area contributed by atoms with Crippen molar-refractivity contribution in [1.82, 2.24) is 20.4 Å². The van der Waals surface area contributed by atoms with Crippen LogP contribution in [0.1, 0.15) is 26.2 Å². The van der Waals surface area contributed by atoms with Crippen LogP contribution < -0.4 is 10.6 Å². The van der Waals surface area contributed by atoms with Crippen LogP contribution in [0.3, 0.4) is 0 Å². The van der Waals surface area contributed by atoms with Crippen LogP contribution in [0.2, 0.25) is 0 Å². The first kappa shape index (κ1) is 20.9. The Morgan fingerprint density at radius 1 is 1.19 bits per heavy atom. The molecule has 0 aromatic rings. The molecule has 0 spiro atoms. The van der Waals surface area contributed by atoms with Gasteiger partial charge in [0.15, 0.2) is 0 Å². The lowest BCUT2D eigenvalue weighted by atomic mass is 10.2. The number of nitrogens with one attached hydrogen (secondary N) is 2. The Morgan fingerprint density at radius 3 is 2.43 bits per heavy atom. The first-order valence-corrected chi connectivity index (χ1v) is 7.72. The first-order chi connectivity index (χ1) is 9.28. The predicted octanol–water partition coefficient (Wildman–Crippen LogP) is 0.726. The molecule has 1 unspecified atom stereocenters. The number of rotatable bonds is 6. The fourth-order valence-corrected chi connectivity index (χ4v) is 2.85. The molecule has 1 amide bonds. The summed E-state index contributed by atoms with van der Waals surface area (Å²) in [4.78, 5) is 16.6. The highest BCUT2D eigenvalue weighted by molar-refractivity contribution is 5.85. The molecular formula is C14H30Cl2N4O. The SMILES string of the molecule is CCN1CCN(CCC(=O)NCC2CCCN2)CC1.Cl.Cl. The highest BCUT2D eigenvalue weighted by atomic mass is 35.5. The van der Waals surface area contributed by atoms with Gasteiger partial charge < -0.3 is 20.4 Å². The summed E-state index contributed by atoms with van der Waals surface area (Å²) < 4.78 is 0. The second-order valence-corrected chi connectivity index (χ2v) is 5.62. The minimum Gasteiger partial charge on any atom is -0.354 e. The third-order valence-electron chi connectivity index (χ3n) is 4.28. The van der Waals surface area contributed by atoms with Gasteiger partial charge in [-0.2, -0.15) is 0 Å². The summed E-state index contributed by atoms with van der Waals surface area (Å²) in [5, 5.41) is 6.44. The fourth-order valence-electron chi connectivity index (χ4n) is 2.85. The molecule has 1 atom stereocenters. The van der Waals surface area contributed by atoms with E-state index in [0.29, 0.717) is 12.5 Å². The second-order valence-electron chi connectivity index (χ2n) is 5.62.